The average molecular weight is 285 g/mol. The lowest BCUT2D eigenvalue weighted by molar-refractivity contribution is 0.237. The summed E-state index contributed by atoms with van der Waals surface area (Å²) in [6, 6.07) is 15.8. The highest BCUT2D eigenvalue weighted by Gasteiger charge is 2.27. The third-order valence-corrected chi connectivity index (χ3v) is 3.50. The third-order valence-electron chi connectivity index (χ3n) is 3.50. The molecular weight excluding hydrogens is 262 g/mol. The minimum Gasteiger partial charge on any atom is -0.497 e. The Morgan fingerprint density at radius 1 is 1.00 bits per heavy atom. The molecule has 0 aliphatic carbocycles. The molecule has 112 valence electrons. The molecule has 1 atom stereocenters. The molecule has 0 amide bonds. The van der Waals surface area contributed by atoms with Gasteiger partial charge in [-0.2, -0.15) is 0 Å². The maximum Gasteiger partial charge on any atom is 0.125 e. The van der Waals surface area contributed by atoms with Gasteiger partial charge in [-0.05, 0) is 44.5 Å². The lowest BCUT2D eigenvalue weighted by Crippen LogP contribution is -2.35. The fourth-order valence-corrected chi connectivity index (χ4v) is 2.35. The molecule has 2 N–H and O–H groups in total. The number of ether oxygens (including phenoxy) is 2. The zero-order valence-electron chi connectivity index (χ0n) is 13.1. The first-order chi connectivity index (χ1) is 9.95. The molecule has 2 aromatic carbocycles. The van der Waals surface area contributed by atoms with Crippen molar-refractivity contribution in [2.45, 2.75) is 32.4 Å². The molecule has 3 heteroatoms. The summed E-state index contributed by atoms with van der Waals surface area (Å²) < 4.78 is 11.1. The first-order valence-corrected chi connectivity index (χ1v) is 7.14. The second kappa shape index (κ2) is 6.19. The number of benzene rings is 2. The predicted octanol–water partition coefficient (Wildman–Crippen LogP) is 3.70. The first-order valence-electron chi connectivity index (χ1n) is 7.14. The molecule has 0 spiro atoms. The van der Waals surface area contributed by atoms with Gasteiger partial charge >= 0.3 is 0 Å². The monoisotopic (exact) mass is 285 g/mol. The Kier molecular flexibility index (Phi) is 4.53. The molecule has 0 heterocycles. The van der Waals surface area contributed by atoms with Crippen molar-refractivity contribution in [3.05, 3.63) is 59.7 Å². The van der Waals surface area contributed by atoms with Gasteiger partial charge in [0.25, 0.3) is 0 Å². The Morgan fingerprint density at radius 2 is 1.62 bits per heavy atom. The van der Waals surface area contributed by atoms with Crippen molar-refractivity contribution in [2.75, 3.05) is 7.11 Å². The van der Waals surface area contributed by atoms with Crippen molar-refractivity contribution < 1.29 is 9.47 Å². The van der Waals surface area contributed by atoms with Gasteiger partial charge in [-0.15, -0.1) is 0 Å². The van der Waals surface area contributed by atoms with Gasteiger partial charge in [0.05, 0.1) is 18.8 Å². The van der Waals surface area contributed by atoms with Crippen LogP contribution in [0.5, 0.6) is 11.5 Å². The summed E-state index contributed by atoms with van der Waals surface area (Å²) >= 11 is 0. The standard InChI is InChI=1S/C18H23NO2/c1-13(2)21-17-8-6-5-7-16(17)18(3,19)14-9-11-15(20-4)12-10-14/h5-13H,19H2,1-4H3. The Morgan fingerprint density at radius 3 is 2.19 bits per heavy atom. The molecule has 0 aliphatic heterocycles. The topological polar surface area (TPSA) is 44.5 Å². The van der Waals surface area contributed by atoms with Crippen LogP contribution in [0.2, 0.25) is 0 Å². The molecule has 0 aliphatic rings. The largest absolute Gasteiger partial charge is 0.497 e. The average Bonchev–Trinajstić information content (AvgIpc) is 2.47. The van der Waals surface area contributed by atoms with Gasteiger partial charge in [-0.3, -0.25) is 0 Å². The number of hydrogen-bond acceptors (Lipinski definition) is 3. The highest BCUT2D eigenvalue weighted by Crippen LogP contribution is 2.34. The molecule has 0 aromatic heterocycles. The number of rotatable bonds is 5. The summed E-state index contributed by atoms with van der Waals surface area (Å²) in [4.78, 5) is 0. The fourth-order valence-electron chi connectivity index (χ4n) is 2.35. The van der Waals surface area contributed by atoms with E-state index in [2.05, 4.69) is 0 Å². The van der Waals surface area contributed by atoms with E-state index in [4.69, 9.17) is 15.2 Å². The maximum absolute atomic E-state index is 6.61. The molecule has 2 rings (SSSR count). The van der Waals surface area contributed by atoms with Crippen LogP contribution in [0.1, 0.15) is 31.9 Å². The van der Waals surface area contributed by atoms with Crippen molar-refractivity contribution in [3.8, 4) is 11.5 Å². The molecular formula is C18H23NO2. The summed E-state index contributed by atoms with van der Waals surface area (Å²) in [6.45, 7) is 6.02. The van der Waals surface area contributed by atoms with Crippen LogP contribution >= 0.6 is 0 Å². The van der Waals surface area contributed by atoms with E-state index < -0.39 is 5.54 Å². The summed E-state index contributed by atoms with van der Waals surface area (Å²) in [5.41, 5.74) is 7.97. The number of hydrogen-bond donors (Lipinski definition) is 1. The van der Waals surface area contributed by atoms with E-state index in [-0.39, 0.29) is 6.10 Å². The lowest BCUT2D eigenvalue weighted by atomic mass is 9.85. The number of nitrogens with two attached hydrogens (primary N) is 1. The van der Waals surface area contributed by atoms with E-state index in [1.165, 1.54) is 0 Å². The maximum atomic E-state index is 6.61. The van der Waals surface area contributed by atoms with E-state index in [1.54, 1.807) is 7.11 Å². The number of para-hydroxylation sites is 1. The zero-order valence-corrected chi connectivity index (χ0v) is 13.1. The van der Waals surface area contributed by atoms with Crippen molar-refractivity contribution >= 4 is 0 Å². The van der Waals surface area contributed by atoms with Gasteiger partial charge in [-0.1, -0.05) is 30.3 Å². The Balaban J connectivity index is 2.42. The minimum absolute atomic E-state index is 0.109. The Hall–Kier alpha value is -2.00. The second-order valence-electron chi connectivity index (χ2n) is 5.59. The van der Waals surface area contributed by atoms with Crippen molar-refractivity contribution in [3.63, 3.8) is 0 Å². The van der Waals surface area contributed by atoms with Crippen molar-refractivity contribution in [1.82, 2.24) is 0 Å². The SMILES string of the molecule is COc1ccc(C(C)(N)c2ccccc2OC(C)C)cc1. The van der Waals surface area contributed by atoms with Crippen LogP contribution in [-0.4, -0.2) is 13.2 Å². The van der Waals surface area contributed by atoms with Crippen LogP contribution in [0.25, 0.3) is 0 Å². The summed E-state index contributed by atoms with van der Waals surface area (Å²) in [5, 5.41) is 0. The van der Waals surface area contributed by atoms with E-state index in [1.807, 2.05) is 69.3 Å². The molecule has 1 unspecified atom stereocenters. The van der Waals surface area contributed by atoms with Gasteiger partial charge in [0, 0.05) is 5.56 Å². The van der Waals surface area contributed by atoms with Crippen LogP contribution in [0.15, 0.2) is 48.5 Å². The zero-order chi connectivity index (χ0) is 15.5. The van der Waals surface area contributed by atoms with Crippen LogP contribution in [-0.2, 0) is 5.54 Å². The van der Waals surface area contributed by atoms with E-state index in [9.17, 15) is 0 Å². The Bertz CT molecular complexity index is 588. The molecule has 3 nitrogen and oxygen atoms in total. The minimum atomic E-state index is -0.627. The summed E-state index contributed by atoms with van der Waals surface area (Å²) in [5.74, 6) is 1.65. The summed E-state index contributed by atoms with van der Waals surface area (Å²) in [7, 11) is 1.66. The van der Waals surface area contributed by atoms with Crippen LogP contribution in [0, 0.1) is 0 Å². The molecule has 0 bridgehead atoms. The molecule has 0 fully saturated rings. The van der Waals surface area contributed by atoms with E-state index in [0.29, 0.717) is 0 Å². The molecule has 0 saturated heterocycles. The molecule has 0 radical (unpaired) electrons. The van der Waals surface area contributed by atoms with Gasteiger partial charge in [0.1, 0.15) is 11.5 Å². The highest BCUT2D eigenvalue weighted by atomic mass is 16.5. The first kappa shape index (κ1) is 15.4. The van der Waals surface area contributed by atoms with Gasteiger partial charge in [-0.25, -0.2) is 0 Å². The number of methoxy groups -OCH3 is 1. The summed E-state index contributed by atoms with van der Waals surface area (Å²) in [6.07, 6.45) is 0.109. The van der Waals surface area contributed by atoms with Gasteiger partial charge in [0.15, 0.2) is 0 Å². The fraction of sp³-hybridized carbons (Fsp3) is 0.333. The lowest BCUT2D eigenvalue weighted by Gasteiger charge is -2.29. The van der Waals surface area contributed by atoms with Gasteiger partial charge in [0.2, 0.25) is 0 Å². The molecule has 2 aromatic rings. The van der Waals surface area contributed by atoms with Crippen molar-refractivity contribution in [1.29, 1.82) is 0 Å². The van der Waals surface area contributed by atoms with Gasteiger partial charge < -0.3 is 15.2 Å². The molecule has 21 heavy (non-hydrogen) atoms. The Labute approximate surface area is 126 Å². The van der Waals surface area contributed by atoms with Crippen LogP contribution in [0.4, 0.5) is 0 Å². The smallest absolute Gasteiger partial charge is 0.125 e. The second-order valence-corrected chi connectivity index (χ2v) is 5.59. The van der Waals surface area contributed by atoms with Crippen LogP contribution < -0.4 is 15.2 Å². The van der Waals surface area contributed by atoms with Crippen molar-refractivity contribution in [2.24, 2.45) is 5.73 Å². The van der Waals surface area contributed by atoms with E-state index >= 15 is 0 Å². The van der Waals surface area contributed by atoms with E-state index in [0.717, 1.165) is 22.6 Å². The quantitative estimate of drug-likeness (QED) is 0.911. The normalized spacial score (nSPS) is 13.8. The van der Waals surface area contributed by atoms with Crippen LogP contribution in [0.3, 0.4) is 0 Å². The highest BCUT2D eigenvalue weighted by molar-refractivity contribution is 5.46. The molecule has 0 saturated carbocycles. The predicted molar refractivity (Wildman–Crippen MR) is 85.8 cm³/mol. The third kappa shape index (κ3) is 3.37.